The second-order valence-corrected chi connectivity index (χ2v) is 15.5. The van der Waals surface area contributed by atoms with Gasteiger partial charge in [-0.25, -0.2) is 0 Å². The van der Waals surface area contributed by atoms with Crippen molar-refractivity contribution >= 4 is 62.1 Å². The molecule has 0 N–H and O–H groups in total. The van der Waals surface area contributed by atoms with Gasteiger partial charge in [0.15, 0.2) is 0 Å². The van der Waals surface area contributed by atoms with E-state index in [1.165, 1.54) is 66.5 Å². The molecule has 0 radical (unpaired) electrons. The zero-order valence-electron chi connectivity index (χ0n) is 27.2. The molecule has 5 aromatic carbocycles. The van der Waals surface area contributed by atoms with Crippen molar-refractivity contribution in [1.29, 1.82) is 0 Å². The van der Waals surface area contributed by atoms with Gasteiger partial charge < -0.3 is 9.32 Å². The minimum absolute atomic E-state index is 0.0576. The first-order valence-electron chi connectivity index (χ1n) is 16.0. The molecule has 8 rings (SSSR count). The van der Waals surface area contributed by atoms with Gasteiger partial charge in [0.1, 0.15) is 11.2 Å². The van der Waals surface area contributed by atoms with Crippen molar-refractivity contribution in [1.82, 2.24) is 0 Å². The van der Waals surface area contributed by atoms with Gasteiger partial charge in [0.25, 0.3) is 0 Å². The molecular formula is C41H40BNO. The summed E-state index contributed by atoms with van der Waals surface area (Å²) in [4.78, 5) is 2.48. The molecule has 0 spiro atoms. The van der Waals surface area contributed by atoms with Gasteiger partial charge in [-0.3, -0.25) is 0 Å². The Hall–Kier alpha value is -4.24. The fraction of sp³-hybridized carbons (Fsp3) is 0.268. The average Bonchev–Trinajstić information content (AvgIpc) is 3.34. The van der Waals surface area contributed by atoms with E-state index in [-0.39, 0.29) is 23.0 Å². The topological polar surface area (TPSA) is 16.4 Å². The lowest BCUT2D eigenvalue weighted by atomic mass is 9.30. The van der Waals surface area contributed by atoms with Gasteiger partial charge in [0.05, 0.1) is 0 Å². The minimum Gasteiger partial charge on any atom is -0.456 e. The zero-order chi connectivity index (χ0) is 30.8. The molecule has 2 aliphatic rings. The molecule has 1 aromatic heterocycles. The lowest BCUT2D eigenvalue weighted by Gasteiger charge is -2.45. The standard InChI is InChI=1S/C41H40BNO/c1-39(2,3)25-16-19-27(20-17-25)43-34-14-11-13-31-38(34)42(32-22-26(40(4,5)6)18-21-30(32)41(31,7)8)33-23-29-28-12-9-10-15-36(28)44-37(29)24-35(33)43/h9-24H,1-8H3. The molecule has 2 nitrogen and oxygen atoms in total. The Morgan fingerprint density at radius 1 is 0.591 bits per heavy atom. The highest BCUT2D eigenvalue weighted by atomic mass is 16.3. The van der Waals surface area contributed by atoms with Crippen LogP contribution in [0.15, 0.2) is 101 Å². The summed E-state index contributed by atoms with van der Waals surface area (Å²) in [6.45, 7) is 18.7. The van der Waals surface area contributed by atoms with Crippen LogP contribution in [0.4, 0.5) is 17.1 Å². The third-order valence-electron chi connectivity index (χ3n) is 10.3. The molecule has 0 unspecified atom stereocenters. The summed E-state index contributed by atoms with van der Waals surface area (Å²) in [5.41, 5.74) is 15.3. The van der Waals surface area contributed by atoms with Gasteiger partial charge >= 0.3 is 0 Å². The smallest absolute Gasteiger partial charge is 0.247 e. The summed E-state index contributed by atoms with van der Waals surface area (Å²) in [6, 6.07) is 36.6. The number of hydrogen-bond donors (Lipinski definition) is 0. The minimum atomic E-state index is -0.126. The fourth-order valence-corrected chi connectivity index (χ4v) is 7.78. The van der Waals surface area contributed by atoms with Crippen molar-refractivity contribution in [3.05, 3.63) is 119 Å². The first-order chi connectivity index (χ1) is 20.8. The van der Waals surface area contributed by atoms with Gasteiger partial charge in [-0.2, -0.15) is 0 Å². The molecule has 0 bridgehead atoms. The number of para-hydroxylation sites is 1. The molecule has 6 aromatic rings. The van der Waals surface area contributed by atoms with E-state index < -0.39 is 0 Å². The monoisotopic (exact) mass is 573 g/mol. The molecule has 0 atom stereocenters. The highest BCUT2D eigenvalue weighted by Gasteiger charge is 2.46. The first-order valence-corrected chi connectivity index (χ1v) is 16.0. The Balaban J connectivity index is 1.48. The molecule has 44 heavy (non-hydrogen) atoms. The Morgan fingerprint density at radius 2 is 1.30 bits per heavy atom. The number of furan rings is 1. The Labute approximate surface area is 261 Å². The predicted molar refractivity (Wildman–Crippen MR) is 189 cm³/mol. The van der Waals surface area contributed by atoms with Crippen LogP contribution >= 0.6 is 0 Å². The van der Waals surface area contributed by atoms with Gasteiger partial charge in [0, 0.05) is 39.3 Å². The molecule has 0 saturated carbocycles. The molecule has 0 saturated heterocycles. The molecule has 2 aliphatic heterocycles. The van der Waals surface area contributed by atoms with Crippen molar-refractivity contribution < 1.29 is 4.42 Å². The number of hydrogen-bond acceptors (Lipinski definition) is 2. The normalized spacial score (nSPS) is 15.4. The average molecular weight is 574 g/mol. The van der Waals surface area contributed by atoms with Crippen LogP contribution in [0.3, 0.4) is 0 Å². The van der Waals surface area contributed by atoms with Crippen LogP contribution < -0.4 is 21.3 Å². The number of rotatable bonds is 1. The lowest BCUT2D eigenvalue weighted by Crippen LogP contribution is -2.64. The maximum atomic E-state index is 6.50. The third kappa shape index (κ3) is 3.81. The summed E-state index contributed by atoms with van der Waals surface area (Å²) in [5.74, 6) is 0. The highest BCUT2D eigenvalue weighted by Crippen LogP contribution is 2.44. The van der Waals surface area contributed by atoms with Crippen LogP contribution in [0.5, 0.6) is 0 Å². The van der Waals surface area contributed by atoms with Gasteiger partial charge in [-0.15, -0.1) is 0 Å². The first kappa shape index (κ1) is 27.3. The van der Waals surface area contributed by atoms with E-state index in [1.807, 2.05) is 0 Å². The van der Waals surface area contributed by atoms with E-state index in [1.54, 1.807) is 0 Å². The van der Waals surface area contributed by atoms with E-state index >= 15 is 0 Å². The molecule has 3 heteroatoms. The number of nitrogens with zero attached hydrogens (tertiary/aromatic N) is 1. The van der Waals surface area contributed by atoms with Crippen molar-refractivity contribution in [2.45, 2.75) is 71.6 Å². The van der Waals surface area contributed by atoms with Crippen molar-refractivity contribution in [2.24, 2.45) is 0 Å². The van der Waals surface area contributed by atoms with Crippen LogP contribution in [0.1, 0.15) is 77.6 Å². The van der Waals surface area contributed by atoms with Gasteiger partial charge in [-0.1, -0.05) is 128 Å². The number of fused-ring (bicyclic) bond motifs is 7. The molecular weight excluding hydrogens is 533 g/mol. The molecule has 218 valence electrons. The van der Waals surface area contributed by atoms with E-state index in [2.05, 4.69) is 157 Å². The highest BCUT2D eigenvalue weighted by molar-refractivity contribution is 6.99. The van der Waals surface area contributed by atoms with Crippen LogP contribution in [-0.4, -0.2) is 6.71 Å². The van der Waals surface area contributed by atoms with Crippen LogP contribution in [0.25, 0.3) is 21.9 Å². The van der Waals surface area contributed by atoms with Crippen LogP contribution in [-0.2, 0) is 16.2 Å². The summed E-state index contributed by atoms with van der Waals surface area (Å²) in [5, 5.41) is 2.35. The summed E-state index contributed by atoms with van der Waals surface area (Å²) in [6.07, 6.45) is 0. The Bertz CT molecular complexity index is 2120. The maximum absolute atomic E-state index is 6.50. The van der Waals surface area contributed by atoms with E-state index in [9.17, 15) is 0 Å². The summed E-state index contributed by atoms with van der Waals surface area (Å²) < 4.78 is 6.50. The molecule has 0 fully saturated rings. The second-order valence-electron chi connectivity index (χ2n) is 15.5. The third-order valence-corrected chi connectivity index (χ3v) is 10.3. The quantitative estimate of drug-likeness (QED) is 0.182. The van der Waals surface area contributed by atoms with E-state index in [0.717, 1.165) is 11.2 Å². The van der Waals surface area contributed by atoms with Crippen LogP contribution in [0, 0.1) is 0 Å². The van der Waals surface area contributed by atoms with E-state index in [0.29, 0.717) is 0 Å². The summed E-state index contributed by atoms with van der Waals surface area (Å²) in [7, 11) is 0. The zero-order valence-corrected chi connectivity index (χ0v) is 27.2. The lowest BCUT2D eigenvalue weighted by molar-refractivity contribution is 0.588. The Morgan fingerprint density at radius 3 is 2.02 bits per heavy atom. The number of anilines is 3. The fourth-order valence-electron chi connectivity index (χ4n) is 7.78. The van der Waals surface area contributed by atoms with Crippen molar-refractivity contribution in [3.8, 4) is 0 Å². The predicted octanol–water partition coefficient (Wildman–Crippen LogP) is 9.12. The van der Waals surface area contributed by atoms with E-state index in [4.69, 9.17) is 4.42 Å². The second kappa shape index (κ2) is 8.91. The SMILES string of the molecule is CC(C)(C)c1ccc(N2c3cc4oc5ccccc5c4cc3B3c4cc(C(C)(C)C)ccc4C(C)(C)c4cccc2c43)cc1. The maximum Gasteiger partial charge on any atom is 0.247 e. The van der Waals surface area contributed by atoms with Crippen molar-refractivity contribution in [3.63, 3.8) is 0 Å². The molecule has 3 heterocycles. The molecule has 0 aliphatic carbocycles. The molecule has 0 amide bonds. The van der Waals surface area contributed by atoms with Gasteiger partial charge in [-0.05, 0) is 68.3 Å². The summed E-state index contributed by atoms with van der Waals surface area (Å²) >= 11 is 0. The largest absolute Gasteiger partial charge is 0.456 e. The Kier molecular flexibility index (Phi) is 5.53. The number of benzene rings is 5. The van der Waals surface area contributed by atoms with Gasteiger partial charge in [0.2, 0.25) is 6.71 Å². The van der Waals surface area contributed by atoms with Crippen molar-refractivity contribution in [2.75, 3.05) is 4.90 Å². The van der Waals surface area contributed by atoms with Crippen LogP contribution in [0.2, 0.25) is 0 Å².